The van der Waals surface area contributed by atoms with Gasteiger partial charge in [0.15, 0.2) is 0 Å². The van der Waals surface area contributed by atoms with E-state index in [9.17, 15) is 13.2 Å². The van der Waals surface area contributed by atoms with Gasteiger partial charge in [-0.15, -0.1) is 0 Å². The second kappa shape index (κ2) is 6.37. The molecule has 6 heteroatoms. The summed E-state index contributed by atoms with van der Waals surface area (Å²) in [6.45, 7) is 7.85. The van der Waals surface area contributed by atoms with Gasteiger partial charge in [-0.1, -0.05) is 26.8 Å². The summed E-state index contributed by atoms with van der Waals surface area (Å²) in [6.07, 6.45) is 0. The smallest absolute Gasteiger partial charge is 0.335 e. The van der Waals surface area contributed by atoms with Gasteiger partial charge in [0.25, 0.3) is 0 Å². The Bertz CT molecular complexity index is 593. The fourth-order valence-electron chi connectivity index (χ4n) is 1.69. The molecule has 1 atom stereocenters. The van der Waals surface area contributed by atoms with Crippen LogP contribution in [0.15, 0.2) is 23.1 Å². The molecular weight excluding hydrogens is 278 g/mol. The molecule has 0 fully saturated rings. The van der Waals surface area contributed by atoms with E-state index in [1.165, 1.54) is 25.1 Å². The Balaban J connectivity index is 3.05. The summed E-state index contributed by atoms with van der Waals surface area (Å²) >= 11 is 0. The van der Waals surface area contributed by atoms with E-state index in [0.29, 0.717) is 12.5 Å². The summed E-state index contributed by atoms with van der Waals surface area (Å²) in [5.41, 5.74) is 0.259. The highest BCUT2D eigenvalue weighted by molar-refractivity contribution is 7.89. The van der Waals surface area contributed by atoms with Crippen LogP contribution in [0.1, 0.15) is 36.7 Å². The van der Waals surface area contributed by atoms with Gasteiger partial charge in [-0.3, -0.25) is 0 Å². The molecule has 0 aliphatic rings. The summed E-state index contributed by atoms with van der Waals surface area (Å²) in [7, 11) is -3.69. The molecule has 0 aliphatic carbocycles. The van der Waals surface area contributed by atoms with E-state index in [-0.39, 0.29) is 21.9 Å². The van der Waals surface area contributed by atoms with E-state index in [1.807, 2.05) is 20.8 Å². The third-order valence-electron chi connectivity index (χ3n) is 3.54. The van der Waals surface area contributed by atoms with E-state index in [4.69, 9.17) is 5.11 Å². The molecule has 1 unspecified atom stereocenters. The maximum absolute atomic E-state index is 12.3. The van der Waals surface area contributed by atoms with Crippen molar-refractivity contribution in [2.45, 2.75) is 32.6 Å². The monoisotopic (exact) mass is 299 g/mol. The first-order valence-electron chi connectivity index (χ1n) is 6.49. The van der Waals surface area contributed by atoms with Crippen LogP contribution < -0.4 is 4.72 Å². The average molecular weight is 299 g/mol. The van der Waals surface area contributed by atoms with Crippen molar-refractivity contribution < 1.29 is 18.3 Å². The van der Waals surface area contributed by atoms with Gasteiger partial charge in [0, 0.05) is 6.54 Å². The zero-order valence-electron chi connectivity index (χ0n) is 12.2. The van der Waals surface area contributed by atoms with Crippen molar-refractivity contribution in [2.24, 2.45) is 11.8 Å². The summed E-state index contributed by atoms with van der Waals surface area (Å²) in [4.78, 5) is 11.1. The van der Waals surface area contributed by atoms with Crippen molar-refractivity contribution >= 4 is 16.0 Å². The lowest BCUT2D eigenvalue weighted by Gasteiger charge is -2.17. The molecule has 2 N–H and O–H groups in total. The molecule has 5 nitrogen and oxygen atoms in total. The minimum Gasteiger partial charge on any atom is -0.478 e. The highest BCUT2D eigenvalue weighted by atomic mass is 32.2. The number of carboxylic acid groups (broad SMARTS) is 1. The standard InChI is InChI=1S/C14H21NO4S/c1-9(2)10(3)8-15-20(18,19)13-7-5-6-12(11(13)4)14(16)17/h5-7,9-10,15H,8H2,1-4H3,(H,16,17). The number of hydrogen-bond acceptors (Lipinski definition) is 3. The zero-order valence-corrected chi connectivity index (χ0v) is 13.0. The van der Waals surface area contributed by atoms with Crippen LogP contribution in [0.25, 0.3) is 0 Å². The SMILES string of the molecule is Cc1c(C(=O)O)cccc1S(=O)(=O)NCC(C)C(C)C. The number of aromatic carboxylic acids is 1. The van der Waals surface area contributed by atoms with E-state index >= 15 is 0 Å². The van der Waals surface area contributed by atoms with Crippen LogP contribution in [0.2, 0.25) is 0 Å². The van der Waals surface area contributed by atoms with Crippen molar-refractivity contribution in [3.8, 4) is 0 Å². The van der Waals surface area contributed by atoms with E-state index in [2.05, 4.69) is 4.72 Å². The fourth-order valence-corrected chi connectivity index (χ4v) is 3.10. The molecule has 0 radical (unpaired) electrons. The summed E-state index contributed by atoms with van der Waals surface area (Å²) < 4.78 is 27.0. The fraction of sp³-hybridized carbons (Fsp3) is 0.500. The minimum absolute atomic E-state index is 0.00443. The quantitative estimate of drug-likeness (QED) is 0.844. The molecule has 1 aromatic carbocycles. The van der Waals surface area contributed by atoms with Crippen LogP contribution in [0.3, 0.4) is 0 Å². The van der Waals surface area contributed by atoms with E-state index in [0.717, 1.165) is 0 Å². The first kappa shape index (κ1) is 16.7. The zero-order chi connectivity index (χ0) is 15.5. The number of carboxylic acids is 1. The predicted molar refractivity (Wildman–Crippen MR) is 77.3 cm³/mol. The predicted octanol–water partition coefficient (Wildman–Crippen LogP) is 2.26. The van der Waals surface area contributed by atoms with Gasteiger partial charge in [0.05, 0.1) is 10.5 Å². The van der Waals surface area contributed by atoms with Crippen LogP contribution in [0.4, 0.5) is 0 Å². The molecule has 0 saturated heterocycles. The van der Waals surface area contributed by atoms with Gasteiger partial charge in [-0.05, 0) is 36.5 Å². The Morgan fingerprint density at radius 2 is 1.90 bits per heavy atom. The Labute approximate surface area is 120 Å². The summed E-state index contributed by atoms with van der Waals surface area (Å²) in [5.74, 6) is -0.563. The van der Waals surface area contributed by atoms with Crippen molar-refractivity contribution in [1.82, 2.24) is 4.72 Å². The molecule has 1 aromatic rings. The average Bonchev–Trinajstić information content (AvgIpc) is 2.35. The topological polar surface area (TPSA) is 83.5 Å². The molecule has 0 amide bonds. The van der Waals surface area contributed by atoms with Crippen LogP contribution >= 0.6 is 0 Å². The minimum atomic E-state index is -3.69. The normalized spacial score (nSPS) is 13.4. The maximum Gasteiger partial charge on any atom is 0.335 e. The molecule has 0 bridgehead atoms. The summed E-state index contributed by atoms with van der Waals surface area (Å²) in [6, 6.07) is 4.26. The number of rotatable bonds is 6. The van der Waals surface area contributed by atoms with Gasteiger partial charge >= 0.3 is 5.97 Å². The second-order valence-corrected chi connectivity index (χ2v) is 7.04. The third-order valence-corrected chi connectivity index (χ3v) is 5.11. The van der Waals surface area contributed by atoms with Crippen LogP contribution in [0, 0.1) is 18.8 Å². The number of benzene rings is 1. The van der Waals surface area contributed by atoms with Crippen LogP contribution in [0.5, 0.6) is 0 Å². The van der Waals surface area contributed by atoms with E-state index < -0.39 is 16.0 Å². The summed E-state index contributed by atoms with van der Waals surface area (Å²) in [5, 5.41) is 9.03. The molecular formula is C14H21NO4S. The molecule has 0 heterocycles. The molecule has 20 heavy (non-hydrogen) atoms. The van der Waals surface area contributed by atoms with Crippen molar-refractivity contribution in [3.05, 3.63) is 29.3 Å². The van der Waals surface area contributed by atoms with Crippen molar-refractivity contribution in [1.29, 1.82) is 0 Å². The van der Waals surface area contributed by atoms with Gasteiger partial charge in [0.2, 0.25) is 10.0 Å². The molecule has 0 aliphatic heterocycles. The number of carbonyl (C=O) groups is 1. The molecule has 112 valence electrons. The number of sulfonamides is 1. The second-order valence-electron chi connectivity index (χ2n) is 5.31. The highest BCUT2D eigenvalue weighted by Gasteiger charge is 2.21. The Morgan fingerprint density at radius 3 is 2.40 bits per heavy atom. The van der Waals surface area contributed by atoms with E-state index in [1.54, 1.807) is 0 Å². The maximum atomic E-state index is 12.3. The lowest BCUT2D eigenvalue weighted by molar-refractivity contribution is 0.0696. The first-order chi connectivity index (χ1) is 9.16. The van der Waals surface area contributed by atoms with Gasteiger partial charge in [-0.25, -0.2) is 17.9 Å². The van der Waals surface area contributed by atoms with Crippen LogP contribution in [-0.2, 0) is 10.0 Å². The van der Waals surface area contributed by atoms with Gasteiger partial charge in [0.1, 0.15) is 0 Å². The van der Waals surface area contributed by atoms with Crippen LogP contribution in [-0.4, -0.2) is 26.0 Å². The molecule has 0 saturated carbocycles. The molecule has 0 aromatic heterocycles. The number of nitrogens with one attached hydrogen (secondary N) is 1. The highest BCUT2D eigenvalue weighted by Crippen LogP contribution is 2.19. The van der Waals surface area contributed by atoms with Crippen molar-refractivity contribution in [3.63, 3.8) is 0 Å². The third kappa shape index (κ3) is 3.80. The lowest BCUT2D eigenvalue weighted by Crippen LogP contribution is -2.31. The van der Waals surface area contributed by atoms with Gasteiger partial charge < -0.3 is 5.11 Å². The van der Waals surface area contributed by atoms with Gasteiger partial charge in [-0.2, -0.15) is 0 Å². The Kier molecular flexibility index (Phi) is 5.30. The first-order valence-corrected chi connectivity index (χ1v) is 7.97. The Morgan fingerprint density at radius 1 is 1.30 bits per heavy atom. The largest absolute Gasteiger partial charge is 0.478 e. The molecule has 0 spiro atoms. The Hall–Kier alpha value is -1.40. The molecule has 1 rings (SSSR count). The number of hydrogen-bond donors (Lipinski definition) is 2. The van der Waals surface area contributed by atoms with Crippen molar-refractivity contribution in [2.75, 3.05) is 6.54 Å². The lowest BCUT2D eigenvalue weighted by atomic mass is 9.99.